The van der Waals surface area contributed by atoms with E-state index in [1.54, 1.807) is 6.92 Å². The van der Waals surface area contributed by atoms with Gasteiger partial charge in [-0.3, -0.25) is 14.9 Å². The first kappa shape index (κ1) is 10.8. The van der Waals surface area contributed by atoms with Crippen molar-refractivity contribution in [3.63, 3.8) is 0 Å². The fraction of sp³-hybridized carbons (Fsp3) is 0.375. The van der Waals surface area contributed by atoms with Crippen LogP contribution in [0.5, 0.6) is 0 Å². The van der Waals surface area contributed by atoms with Gasteiger partial charge in [0.25, 0.3) is 6.54 Å². The minimum absolute atomic E-state index is 0.319. The van der Waals surface area contributed by atoms with Gasteiger partial charge in [0.15, 0.2) is 5.78 Å². The molecular weight excluding hydrogens is 158 g/mol. The lowest BCUT2D eigenvalue weighted by Crippen LogP contribution is -2.22. The summed E-state index contributed by atoms with van der Waals surface area (Å²) in [6.07, 6.45) is 1.08. The largest absolute Gasteiger partial charge is 0.294 e. The molecular formula is C8H11NO3. The number of allylic oxidation sites excluding steroid dienone is 1. The van der Waals surface area contributed by atoms with Crippen LogP contribution in [0.25, 0.3) is 0 Å². The molecule has 2 radical (unpaired) electrons. The maximum absolute atomic E-state index is 11.0. The van der Waals surface area contributed by atoms with E-state index in [9.17, 15) is 14.9 Å². The molecule has 0 aliphatic rings. The van der Waals surface area contributed by atoms with Crippen molar-refractivity contribution in [1.29, 1.82) is 0 Å². The third-order valence-corrected chi connectivity index (χ3v) is 1.43. The summed E-state index contributed by atoms with van der Waals surface area (Å²) in [6.45, 7) is 9.20. The summed E-state index contributed by atoms with van der Waals surface area (Å²) < 4.78 is 0. The quantitative estimate of drug-likeness (QED) is 0.353. The number of carbonyl (C=O) groups excluding carboxylic acids is 1. The molecule has 0 amide bonds. The van der Waals surface area contributed by atoms with Crippen molar-refractivity contribution in [1.82, 2.24) is 0 Å². The van der Waals surface area contributed by atoms with Crippen LogP contribution in [-0.2, 0) is 4.79 Å². The molecule has 0 aromatic rings. The second-order valence-corrected chi connectivity index (χ2v) is 2.54. The highest BCUT2D eigenvalue weighted by molar-refractivity contribution is 5.92. The van der Waals surface area contributed by atoms with Crippen LogP contribution in [0.1, 0.15) is 6.92 Å². The molecule has 2 unspecified atom stereocenters. The Morgan fingerprint density at radius 3 is 2.42 bits per heavy atom. The standard InChI is InChI=1S/C8H11NO3/c1-4-8(10)7(6(2)3)5-9(11)12/h4-7H,1-2H2,3H3. The van der Waals surface area contributed by atoms with Gasteiger partial charge >= 0.3 is 0 Å². The molecule has 12 heavy (non-hydrogen) atoms. The molecule has 0 heterocycles. The summed E-state index contributed by atoms with van der Waals surface area (Å²) in [5.41, 5.74) is 0. The van der Waals surface area contributed by atoms with E-state index in [2.05, 4.69) is 13.5 Å². The summed E-state index contributed by atoms with van der Waals surface area (Å²) in [4.78, 5) is 20.4. The van der Waals surface area contributed by atoms with Gasteiger partial charge in [-0.2, -0.15) is 0 Å². The summed E-state index contributed by atoms with van der Waals surface area (Å²) in [6, 6.07) is 0. The highest BCUT2D eigenvalue weighted by Gasteiger charge is 2.26. The van der Waals surface area contributed by atoms with Crippen molar-refractivity contribution in [2.75, 3.05) is 0 Å². The highest BCUT2D eigenvalue weighted by atomic mass is 16.6. The van der Waals surface area contributed by atoms with Crippen molar-refractivity contribution < 1.29 is 9.72 Å². The van der Waals surface area contributed by atoms with Crippen molar-refractivity contribution >= 4 is 5.78 Å². The molecule has 0 saturated carbocycles. The molecule has 2 atom stereocenters. The van der Waals surface area contributed by atoms with Crippen LogP contribution < -0.4 is 0 Å². The van der Waals surface area contributed by atoms with Crippen molar-refractivity contribution in [2.45, 2.75) is 6.92 Å². The maximum atomic E-state index is 11.0. The van der Waals surface area contributed by atoms with E-state index in [1.807, 2.05) is 0 Å². The number of hydrogen-bond donors (Lipinski definition) is 0. The zero-order chi connectivity index (χ0) is 9.72. The van der Waals surface area contributed by atoms with E-state index in [-0.39, 0.29) is 11.7 Å². The van der Waals surface area contributed by atoms with Gasteiger partial charge in [0.1, 0.15) is 0 Å². The molecule has 0 aromatic heterocycles. The van der Waals surface area contributed by atoms with Crippen molar-refractivity contribution in [3.05, 3.63) is 36.2 Å². The molecule has 0 bridgehead atoms. The van der Waals surface area contributed by atoms with Gasteiger partial charge in [0.2, 0.25) is 0 Å². The average Bonchev–Trinajstić information content (AvgIpc) is 1.98. The number of ketones is 1. The van der Waals surface area contributed by atoms with Crippen LogP contribution in [0.15, 0.2) is 12.7 Å². The second-order valence-electron chi connectivity index (χ2n) is 2.54. The van der Waals surface area contributed by atoms with E-state index < -0.39 is 10.8 Å². The van der Waals surface area contributed by atoms with Gasteiger partial charge in [0.05, 0.1) is 5.92 Å². The molecule has 4 heteroatoms. The normalized spacial score (nSPS) is 12.6. The summed E-state index contributed by atoms with van der Waals surface area (Å²) >= 11 is 0. The number of rotatable bonds is 5. The maximum Gasteiger partial charge on any atom is 0.289 e. The molecule has 0 spiro atoms. The zero-order valence-corrected chi connectivity index (χ0v) is 6.90. The van der Waals surface area contributed by atoms with Crippen LogP contribution in [0.4, 0.5) is 0 Å². The van der Waals surface area contributed by atoms with Crippen LogP contribution in [0, 0.1) is 35.4 Å². The minimum atomic E-state index is -0.766. The Bertz CT molecular complexity index is 198. The van der Waals surface area contributed by atoms with Crippen LogP contribution in [0.3, 0.4) is 0 Å². The summed E-state index contributed by atoms with van der Waals surface area (Å²) in [5, 5.41) is 10.1. The van der Waals surface area contributed by atoms with E-state index >= 15 is 0 Å². The Morgan fingerprint density at radius 1 is 1.67 bits per heavy atom. The molecule has 0 N–H and O–H groups in total. The monoisotopic (exact) mass is 169 g/mol. The van der Waals surface area contributed by atoms with Gasteiger partial charge in [-0.25, -0.2) is 0 Å². The third kappa shape index (κ3) is 3.27. The molecule has 0 fully saturated rings. The van der Waals surface area contributed by atoms with Crippen molar-refractivity contribution in [3.8, 4) is 0 Å². The van der Waals surface area contributed by atoms with E-state index in [0.717, 1.165) is 12.6 Å². The predicted molar refractivity (Wildman–Crippen MR) is 44.5 cm³/mol. The van der Waals surface area contributed by atoms with Gasteiger partial charge in [-0.15, -0.1) is 0 Å². The Labute approximate surface area is 71.4 Å². The minimum Gasteiger partial charge on any atom is -0.294 e. The lowest BCUT2D eigenvalue weighted by Gasteiger charge is -2.11. The third-order valence-electron chi connectivity index (χ3n) is 1.43. The number of hydrogen-bond acceptors (Lipinski definition) is 3. The lowest BCUT2D eigenvalue weighted by atomic mass is 9.92. The fourth-order valence-corrected chi connectivity index (χ4v) is 0.768. The van der Waals surface area contributed by atoms with Crippen molar-refractivity contribution in [2.24, 2.45) is 11.8 Å². The molecule has 66 valence electrons. The fourth-order valence-electron chi connectivity index (χ4n) is 0.768. The first-order chi connectivity index (χ1) is 5.49. The Balaban J connectivity index is 4.32. The number of carbonyl (C=O) groups is 1. The van der Waals surface area contributed by atoms with Crippen LogP contribution >= 0.6 is 0 Å². The molecule has 4 nitrogen and oxygen atoms in total. The second kappa shape index (κ2) is 4.64. The first-order valence-electron chi connectivity index (χ1n) is 3.47. The molecule has 0 rings (SSSR count). The zero-order valence-electron chi connectivity index (χ0n) is 6.90. The van der Waals surface area contributed by atoms with E-state index in [1.165, 1.54) is 0 Å². The average molecular weight is 169 g/mol. The summed E-state index contributed by atoms with van der Waals surface area (Å²) in [7, 11) is 0. The molecule has 0 aliphatic carbocycles. The van der Waals surface area contributed by atoms with Gasteiger partial charge in [0, 0.05) is 4.92 Å². The Hall–Kier alpha value is -1.19. The SMILES string of the molecule is [CH2]C(C)C([CH][N+](=O)[O-])C(=O)C=C. The van der Waals surface area contributed by atoms with Gasteiger partial charge in [-0.1, -0.05) is 13.5 Å². The van der Waals surface area contributed by atoms with Gasteiger partial charge in [-0.05, 0) is 18.9 Å². The molecule has 0 aliphatic heterocycles. The molecule has 0 saturated heterocycles. The van der Waals surface area contributed by atoms with Gasteiger partial charge < -0.3 is 0 Å². The van der Waals surface area contributed by atoms with Crippen LogP contribution in [-0.4, -0.2) is 10.7 Å². The number of nitro groups is 1. The van der Waals surface area contributed by atoms with E-state index in [4.69, 9.17) is 0 Å². The smallest absolute Gasteiger partial charge is 0.289 e. The Morgan fingerprint density at radius 2 is 2.17 bits per heavy atom. The topological polar surface area (TPSA) is 60.2 Å². The van der Waals surface area contributed by atoms with Crippen LogP contribution in [0.2, 0.25) is 0 Å². The lowest BCUT2D eigenvalue weighted by molar-refractivity contribution is -0.443. The Kier molecular flexibility index (Phi) is 4.18. The number of nitrogens with zero attached hydrogens (tertiary/aromatic N) is 1. The molecule has 0 aromatic carbocycles. The summed E-state index contributed by atoms with van der Waals surface area (Å²) in [5.74, 6) is -1.45. The predicted octanol–water partition coefficient (Wildman–Crippen LogP) is 1.27. The van der Waals surface area contributed by atoms with E-state index in [0.29, 0.717) is 0 Å². The first-order valence-corrected chi connectivity index (χ1v) is 3.47. The highest BCUT2D eigenvalue weighted by Crippen LogP contribution is 2.15.